The van der Waals surface area contributed by atoms with Gasteiger partial charge in [-0.2, -0.15) is 0 Å². The third-order valence-electron chi connectivity index (χ3n) is 4.61. The second kappa shape index (κ2) is 9.05. The maximum Gasteiger partial charge on any atom is 0.264 e. The number of hydrogen-bond donors (Lipinski definition) is 5. The molecule has 3 atom stereocenters. The molecule has 0 saturated carbocycles. The molecular formula is C17H24N4O7S. The van der Waals surface area contributed by atoms with Crippen LogP contribution in [0.3, 0.4) is 0 Å². The first kappa shape index (κ1) is 23.0. The number of nitrogens with zero attached hydrogens (tertiary/aromatic N) is 2. The van der Waals surface area contributed by atoms with Gasteiger partial charge >= 0.3 is 0 Å². The zero-order valence-corrected chi connectivity index (χ0v) is 17.0. The van der Waals surface area contributed by atoms with Gasteiger partial charge in [-0.25, -0.2) is 4.98 Å². The maximum atomic E-state index is 12.7. The highest BCUT2D eigenvalue weighted by Gasteiger charge is 2.45. The molecular weight excluding hydrogens is 404 g/mol. The SMILES string of the molecule is COC(N1C=C(C(N)=O)CC(=O)c2c1nc(SC)[nH]c2=O)[C@](C)(O)C(O)CCO. The lowest BCUT2D eigenvalue weighted by Crippen LogP contribution is -2.58. The molecule has 11 nitrogen and oxygen atoms in total. The molecule has 0 bridgehead atoms. The molecule has 160 valence electrons. The molecule has 29 heavy (non-hydrogen) atoms. The van der Waals surface area contributed by atoms with E-state index in [1.165, 1.54) is 20.2 Å². The van der Waals surface area contributed by atoms with Gasteiger partial charge in [0.25, 0.3) is 5.56 Å². The average Bonchev–Trinajstić information content (AvgIpc) is 2.79. The summed E-state index contributed by atoms with van der Waals surface area (Å²) in [5.74, 6) is -1.73. The second-order valence-corrected chi connectivity index (χ2v) is 7.44. The number of aromatic amines is 1. The van der Waals surface area contributed by atoms with Gasteiger partial charge in [0.2, 0.25) is 5.91 Å². The van der Waals surface area contributed by atoms with Gasteiger partial charge in [0.05, 0.1) is 6.10 Å². The number of aliphatic hydroxyl groups is 3. The van der Waals surface area contributed by atoms with Crippen molar-refractivity contribution in [3.05, 3.63) is 27.7 Å². The fourth-order valence-electron chi connectivity index (χ4n) is 3.05. The number of thioether (sulfide) groups is 1. The van der Waals surface area contributed by atoms with Gasteiger partial charge in [0.1, 0.15) is 11.2 Å². The van der Waals surface area contributed by atoms with E-state index in [9.17, 15) is 24.6 Å². The van der Waals surface area contributed by atoms with Crippen LogP contribution in [-0.2, 0) is 9.53 Å². The first-order valence-electron chi connectivity index (χ1n) is 8.62. The number of carbonyl (C=O) groups is 2. The molecule has 1 aromatic rings. The number of primary amides is 1. The summed E-state index contributed by atoms with van der Waals surface area (Å²) in [5.41, 5.74) is 2.19. The van der Waals surface area contributed by atoms with Gasteiger partial charge in [-0.05, 0) is 19.6 Å². The van der Waals surface area contributed by atoms with Crippen molar-refractivity contribution in [2.45, 2.75) is 42.9 Å². The largest absolute Gasteiger partial charge is 0.396 e. The minimum atomic E-state index is -1.99. The number of carbonyl (C=O) groups excluding carboxylic acids is 2. The summed E-state index contributed by atoms with van der Waals surface area (Å²) in [4.78, 5) is 44.9. The Labute approximate surface area is 170 Å². The number of Topliss-reactive ketones (excluding diaryl/α,β-unsaturated/α-hetero) is 1. The van der Waals surface area contributed by atoms with Gasteiger partial charge in [-0.3, -0.25) is 14.4 Å². The van der Waals surface area contributed by atoms with Crippen LogP contribution < -0.4 is 16.2 Å². The summed E-state index contributed by atoms with van der Waals surface area (Å²) in [6.07, 6.45) is -0.596. The molecule has 2 unspecified atom stereocenters. The van der Waals surface area contributed by atoms with Crippen molar-refractivity contribution >= 4 is 29.3 Å². The van der Waals surface area contributed by atoms with E-state index in [0.717, 1.165) is 16.7 Å². The van der Waals surface area contributed by atoms with Crippen LogP contribution in [0.25, 0.3) is 0 Å². The molecule has 1 amide bonds. The molecule has 1 aliphatic rings. The molecule has 0 aromatic carbocycles. The van der Waals surface area contributed by atoms with E-state index in [0.29, 0.717) is 0 Å². The van der Waals surface area contributed by atoms with Crippen molar-refractivity contribution in [2.75, 3.05) is 24.9 Å². The van der Waals surface area contributed by atoms with Crippen LogP contribution in [0, 0.1) is 0 Å². The molecule has 0 radical (unpaired) electrons. The Bertz CT molecular complexity index is 883. The number of H-pyrrole nitrogens is 1. The van der Waals surface area contributed by atoms with Crippen LogP contribution in [-0.4, -0.2) is 74.9 Å². The number of hydrogen-bond acceptors (Lipinski definition) is 10. The van der Waals surface area contributed by atoms with E-state index in [1.807, 2.05) is 0 Å². The highest BCUT2D eigenvalue weighted by molar-refractivity contribution is 7.98. The molecule has 0 aliphatic carbocycles. The quantitative estimate of drug-likeness (QED) is 0.247. The first-order chi connectivity index (χ1) is 13.6. The average molecular weight is 428 g/mol. The Morgan fingerprint density at radius 1 is 1.52 bits per heavy atom. The van der Waals surface area contributed by atoms with Crippen molar-refractivity contribution in [3.8, 4) is 0 Å². The Balaban J connectivity index is 2.76. The van der Waals surface area contributed by atoms with E-state index < -0.39 is 48.2 Å². The van der Waals surface area contributed by atoms with Crippen LogP contribution >= 0.6 is 11.8 Å². The second-order valence-electron chi connectivity index (χ2n) is 6.64. The summed E-state index contributed by atoms with van der Waals surface area (Å²) in [5, 5.41) is 30.6. The number of methoxy groups -OCH3 is 1. The van der Waals surface area contributed by atoms with Crippen LogP contribution in [0.2, 0.25) is 0 Å². The minimum absolute atomic E-state index is 0.132. The van der Waals surface area contributed by atoms with Gasteiger partial charge in [0.15, 0.2) is 23.0 Å². The van der Waals surface area contributed by atoms with Crippen molar-refractivity contribution in [1.29, 1.82) is 0 Å². The lowest BCUT2D eigenvalue weighted by Gasteiger charge is -2.41. The number of rotatable bonds is 8. The van der Waals surface area contributed by atoms with Crippen molar-refractivity contribution in [3.63, 3.8) is 0 Å². The molecule has 0 spiro atoms. The van der Waals surface area contributed by atoms with E-state index in [4.69, 9.17) is 15.6 Å². The normalized spacial score (nSPS) is 18.3. The Morgan fingerprint density at radius 3 is 2.69 bits per heavy atom. The number of ketones is 1. The number of aliphatic hydroxyl groups excluding tert-OH is 2. The maximum absolute atomic E-state index is 12.7. The van der Waals surface area contributed by atoms with Gasteiger partial charge in [-0.15, -0.1) is 0 Å². The van der Waals surface area contributed by atoms with E-state index in [1.54, 1.807) is 6.26 Å². The first-order valence-corrected chi connectivity index (χ1v) is 9.85. The zero-order chi connectivity index (χ0) is 21.9. The number of ether oxygens (including phenoxy) is 1. The summed E-state index contributed by atoms with van der Waals surface area (Å²) in [6.45, 7) is 0.855. The van der Waals surface area contributed by atoms with Crippen LogP contribution in [0.15, 0.2) is 21.7 Å². The van der Waals surface area contributed by atoms with E-state index in [2.05, 4.69) is 9.97 Å². The lowest BCUT2D eigenvalue weighted by molar-refractivity contribution is -0.147. The molecule has 12 heteroatoms. The van der Waals surface area contributed by atoms with Crippen LogP contribution in [0.1, 0.15) is 30.1 Å². The summed E-state index contributed by atoms with van der Waals surface area (Å²) in [6, 6.07) is 0. The van der Waals surface area contributed by atoms with E-state index in [-0.39, 0.29) is 28.5 Å². The standard InChI is InChI=1S/C17H24N4O7S/c1-17(27,10(24)4-5-22)15(28-2)21-7-8(12(18)25)6-9(23)11-13(21)19-16(29-3)20-14(11)26/h7,10,15,22,24,27H,4-6H2,1-3H3,(H2,18,25)(H,19,20,26)/t10?,15?,17-/m1/s1. The molecule has 2 heterocycles. The van der Waals surface area contributed by atoms with Crippen LogP contribution in [0.5, 0.6) is 0 Å². The van der Waals surface area contributed by atoms with Gasteiger partial charge in [-0.1, -0.05) is 11.8 Å². The third kappa shape index (κ3) is 4.51. The van der Waals surface area contributed by atoms with Crippen molar-refractivity contribution in [2.24, 2.45) is 5.73 Å². The Hall–Kier alpha value is -2.25. The number of fused-ring (bicyclic) bond motifs is 1. The van der Waals surface area contributed by atoms with Crippen LogP contribution in [0.4, 0.5) is 5.82 Å². The molecule has 2 rings (SSSR count). The summed E-state index contributed by atoms with van der Waals surface area (Å²) in [7, 11) is 1.23. The summed E-state index contributed by atoms with van der Waals surface area (Å²) >= 11 is 1.11. The fourth-order valence-corrected chi connectivity index (χ4v) is 3.43. The zero-order valence-electron chi connectivity index (χ0n) is 16.2. The monoisotopic (exact) mass is 428 g/mol. The third-order valence-corrected chi connectivity index (χ3v) is 5.19. The topological polar surface area (TPSA) is 179 Å². The number of nitrogens with one attached hydrogen (secondary N) is 1. The number of amides is 1. The number of aromatic nitrogens is 2. The lowest BCUT2D eigenvalue weighted by atomic mass is 9.93. The fraction of sp³-hybridized carbons (Fsp3) is 0.529. The number of anilines is 1. The molecule has 0 saturated heterocycles. The minimum Gasteiger partial charge on any atom is -0.396 e. The molecule has 6 N–H and O–H groups in total. The highest BCUT2D eigenvalue weighted by atomic mass is 32.2. The molecule has 0 fully saturated rings. The Kier molecular flexibility index (Phi) is 7.19. The summed E-state index contributed by atoms with van der Waals surface area (Å²) < 4.78 is 5.38. The van der Waals surface area contributed by atoms with Crippen molar-refractivity contribution < 1.29 is 29.6 Å². The van der Waals surface area contributed by atoms with Crippen molar-refractivity contribution in [1.82, 2.24) is 9.97 Å². The highest BCUT2D eigenvalue weighted by Crippen LogP contribution is 2.32. The predicted octanol–water partition coefficient (Wildman–Crippen LogP) is -1.28. The predicted molar refractivity (Wildman–Crippen MR) is 104 cm³/mol. The smallest absolute Gasteiger partial charge is 0.264 e. The molecule has 1 aliphatic heterocycles. The number of nitrogens with two attached hydrogens (primary N) is 1. The van der Waals surface area contributed by atoms with Gasteiger partial charge < -0.3 is 35.7 Å². The van der Waals surface area contributed by atoms with Gasteiger partial charge in [0, 0.05) is 31.9 Å². The van der Waals surface area contributed by atoms with E-state index >= 15 is 0 Å². The Morgan fingerprint density at radius 2 is 2.17 bits per heavy atom. The molecule has 1 aromatic heterocycles.